The summed E-state index contributed by atoms with van der Waals surface area (Å²) in [4.78, 5) is 0.468. The molecule has 0 saturated carbocycles. The van der Waals surface area contributed by atoms with Crippen molar-refractivity contribution < 1.29 is 0 Å². The summed E-state index contributed by atoms with van der Waals surface area (Å²) in [7, 11) is 0. The lowest BCUT2D eigenvalue weighted by Crippen LogP contribution is -1.94. The zero-order valence-electron chi connectivity index (χ0n) is 9.34. The molecule has 3 heteroatoms. The van der Waals surface area contributed by atoms with E-state index >= 15 is 0 Å². The Morgan fingerprint density at radius 2 is 2.06 bits per heavy atom. The number of alkyl halides is 1. The molecule has 0 aliphatic rings. The fourth-order valence-electron chi connectivity index (χ4n) is 1.83. The standard InChI is InChI=1S/C13H14Br2S/c1-8(2)6-12(15)10-7-16-13-9(10)4-3-5-11(13)14/h3-5,7-8,12H,6H2,1-2H3. The van der Waals surface area contributed by atoms with E-state index < -0.39 is 0 Å². The molecule has 1 aromatic carbocycles. The molecule has 1 unspecified atom stereocenters. The molecule has 0 fully saturated rings. The van der Waals surface area contributed by atoms with Crippen molar-refractivity contribution in [3.8, 4) is 0 Å². The molecule has 0 bridgehead atoms. The Morgan fingerprint density at radius 1 is 1.31 bits per heavy atom. The van der Waals surface area contributed by atoms with Crippen LogP contribution in [0.2, 0.25) is 0 Å². The van der Waals surface area contributed by atoms with Crippen molar-refractivity contribution in [2.75, 3.05) is 0 Å². The van der Waals surface area contributed by atoms with E-state index in [0.29, 0.717) is 10.7 Å². The normalized spacial score (nSPS) is 13.6. The topological polar surface area (TPSA) is 0 Å². The molecule has 1 atom stereocenters. The first-order chi connectivity index (χ1) is 7.59. The van der Waals surface area contributed by atoms with Crippen molar-refractivity contribution in [1.82, 2.24) is 0 Å². The average molecular weight is 362 g/mol. The van der Waals surface area contributed by atoms with E-state index in [-0.39, 0.29) is 0 Å². The van der Waals surface area contributed by atoms with Gasteiger partial charge in [-0.2, -0.15) is 0 Å². The third-order valence-corrected chi connectivity index (χ3v) is 5.44. The molecular formula is C13H14Br2S. The van der Waals surface area contributed by atoms with Gasteiger partial charge in [-0.3, -0.25) is 0 Å². The smallest absolute Gasteiger partial charge is 0.0488 e. The SMILES string of the molecule is CC(C)CC(Br)c1csc2c(Br)cccc12. The molecule has 2 aromatic rings. The van der Waals surface area contributed by atoms with E-state index in [1.165, 1.54) is 26.5 Å². The summed E-state index contributed by atoms with van der Waals surface area (Å²) in [6.45, 7) is 4.53. The lowest BCUT2D eigenvalue weighted by Gasteiger charge is -2.11. The summed E-state index contributed by atoms with van der Waals surface area (Å²) in [5, 5.41) is 3.65. The van der Waals surface area contributed by atoms with Gasteiger partial charge in [0.05, 0.1) is 0 Å². The lowest BCUT2D eigenvalue weighted by atomic mass is 10.0. The summed E-state index contributed by atoms with van der Waals surface area (Å²) in [5.74, 6) is 0.714. The van der Waals surface area contributed by atoms with Crippen LogP contribution in [0.5, 0.6) is 0 Å². The van der Waals surface area contributed by atoms with Gasteiger partial charge in [-0.15, -0.1) is 11.3 Å². The molecule has 2 rings (SSSR count). The minimum absolute atomic E-state index is 0.468. The van der Waals surface area contributed by atoms with Crippen LogP contribution >= 0.6 is 43.2 Å². The van der Waals surface area contributed by atoms with Gasteiger partial charge in [-0.1, -0.05) is 41.9 Å². The van der Waals surface area contributed by atoms with Gasteiger partial charge in [0.2, 0.25) is 0 Å². The highest BCUT2D eigenvalue weighted by atomic mass is 79.9. The van der Waals surface area contributed by atoms with Crippen LogP contribution in [0.25, 0.3) is 10.1 Å². The van der Waals surface area contributed by atoms with E-state index in [4.69, 9.17) is 0 Å². The maximum Gasteiger partial charge on any atom is 0.0488 e. The minimum atomic E-state index is 0.468. The number of fused-ring (bicyclic) bond motifs is 1. The van der Waals surface area contributed by atoms with Crippen LogP contribution in [0.1, 0.15) is 30.7 Å². The van der Waals surface area contributed by atoms with Crippen LogP contribution in [-0.4, -0.2) is 0 Å². The highest BCUT2D eigenvalue weighted by Gasteiger charge is 2.15. The van der Waals surface area contributed by atoms with Gasteiger partial charge in [0.25, 0.3) is 0 Å². The Labute approximate surface area is 117 Å². The molecule has 0 N–H and O–H groups in total. The van der Waals surface area contributed by atoms with Gasteiger partial charge in [0.1, 0.15) is 0 Å². The van der Waals surface area contributed by atoms with Crippen LogP contribution in [0, 0.1) is 5.92 Å². The minimum Gasteiger partial charge on any atom is -0.142 e. The Bertz CT molecular complexity index is 488. The molecule has 0 radical (unpaired) electrons. The second-order valence-corrected chi connectivity index (χ2v) is 7.24. The third kappa shape index (κ3) is 2.52. The predicted molar refractivity (Wildman–Crippen MR) is 80.6 cm³/mol. The Balaban J connectivity index is 2.42. The number of rotatable bonds is 3. The Hall–Kier alpha value is 0.140. The van der Waals surface area contributed by atoms with Crippen LogP contribution in [0.4, 0.5) is 0 Å². The van der Waals surface area contributed by atoms with Crippen molar-refractivity contribution in [2.45, 2.75) is 25.1 Å². The van der Waals surface area contributed by atoms with Gasteiger partial charge in [-0.05, 0) is 50.7 Å². The second kappa shape index (κ2) is 5.19. The zero-order valence-corrected chi connectivity index (χ0v) is 13.3. The highest BCUT2D eigenvalue weighted by Crippen LogP contribution is 2.40. The summed E-state index contributed by atoms with van der Waals surface area (Å²) < 4.78 is 2.55. The van der Waals surface area contributed by atoms with Crippen molar-refractivity contribution in [1.29, 1.82) is 0 Å². The Morgan fingerprint density at radius 3 is 2.75 bits per heavy atom. The van der Waals surface area contributed by atoms with Gasteiger partial charge >= 0.3 is 0 Å². The molecule has 0 saturated heterocycles. The van der Waals surface area contributed by atoms with E-state index in [2.05, 4.69) is 69.3 Å². The number of benzene rings is 1. The van der Waals surface area contributed by atoms with Crippen molar-refractivity contribution in [3.63, 3.8) is 0 Å². The monoisotopic (exact) mass is 360 g/mol. The van der Waals surface area contributed by atoms with Crippen LogP contribution in [0.3, 0.4) is 0 Å². The quantitative estimate of drug-likeness (QED) is 0.575. The maximum atomic E-state index is 3.80. The molecule has 1 heterocycles. The van der Waals surface area contributed by atoms with E-state index in [9.17, 15) is 0 Å². The Kier molecular flexibility index (Phi) is 4.09. The molecule has 0 nitrogen and oxygen atoms in total. The molecule has 0 aliphatic carbocycles. The molecule has 86 valence electrons. The number of halogens is 2. The van der Waals surface area contributed by atoms with Gasteiger partial charge in [0.15, 0.2) is 0 Å². The molecule has 0 amide bonds. The molecular weight excluding hydrogens is 348 g/mol. The van der Waals surface area contributed by atoms with E-state index in [0.717, 1.165) is 0 Å². The number of hydrogen-bond acceptors (Lipinski definition) is 1. The lowest BCUT2D eigenvalue weighted by molar-refractivity contribution is 0.585. The first-order valence-corrected chi connectivity index (χ1v) is 7.98. The highest BCUT2D eigenvalue weighted by molar-refractivity contribution is 9.10. The predicted octanol–water partition coefficient (Wildman–Crippen LogP) is 6.15. The molecule has 16 heavy (non-hydrogen) atoms. The van der Waals surface area contributed by atoms with Crippen molar-refractivity contribution in [3.05, 3.63) is 33.6 Å². The third-order valence-electron chi connectivity index (χ3n) is 2.60. The second-order valence-electron chi connectivity index (χ2n) is 4.40. The largest absolute Gasteiger partial charge is 0.142 e. The number of hydrogen-bond donors (Lipinski definition) is 0. The van der Waals surface area contributed by atoms with Crippen LogP contribution in [0.15, 0.2) is 28.1 Å². The maximum absolute atomic E-state index is 3.80. The summed E-state index contributed by atoms with van der Waals surface area (Å²) >= 11 is 9.23. The van der Waals surface area contributed by atoms with Crippen molar-refractivity contribution >= 4 is 53.3 Å². The fraction of sp³-hybridized carbons (Fsp3) is 0.385. The fourth-order valence-corrected chi connectivity index (χ4v) is 4.80. The van der Waals surface area contributed by atoms with Gasteiger partial charge in [0, 0.05) is 14.0 Å². The first-order valence-electron chi connectivity index (χ1n) is 5.39. The van der Waals surface area contributed by atoms with E-state index in [1.54, 1.807) is 0 Å². The molecule has 0 aliphatic heterocycles. The van der Waals surface area contributed by atoms with Crippen LogP contribution < -0.4 is 0 Å². The molecule has 0 spiro atoms. The summed E-state index contributed by atoms with van der Waals surface area (Å²) in [6.07, 6.45) is 1.18. The van der Waals surface area contributed by atoms with Crippen molar-refractivity contribution in [2.24, 2.45) is 5.92 Å². The summed E-state index contributed by atoms with van der Waals surface area (Å²) in [5.41, 5.74) is 1.43. The molecule has 1 aromatic heterocycles. The number of thiophene rings is 1. The van der Waals surface area contributed by atoms with Crippen LogP contribution in [-0.2, 0) is 0 Å². The zero-order chi connectivity index (χ0) is 11.7. The summed E-state index contributed by atoms with van der Waals surface area (Å²) in [6, 6.07) is 6.42. The van der Waals surface area contributed by atoms with E-state index in [1.807, 2.05) is 11.3 Å². The first kappa shape index (κ1) is 12.6. The average Bonchev–Trinajstić information content (AvgIpc) is 2.61. The van der Waals surface area contributed by atoms with Gasteiger partial charge in [-0.25, -0.2) is 0 Å². The van der Waals surface area contributed by atoms with Gasteiger partial charge < -0.3 is 0 Å².